The molecule has 2 saturated carbocycles. The minimum absolute atomic E-state index is 0.0197. The van der Waals surface area contributed by atoms with Gasteiger partial charge < -0.3 is 14.7 Å². The number of ether oxygens (including phenoxy) is 1. The maximum absolute atomic E-state index is 10.8. The number of hydrogen-bond acceptors (Lipinski definition) is 2. The average molecular weight is 283 g/mol. The van der Waals surface area contributed by atoms with E-state index < -0.39 is 6.09 Å². The maximum Gasteiger partial charge on any atom is 0.407 e. The molecule has 2 fully saturated rings. The molecule has 2 aliphatic carbocycles. The zero-order valence-electron chi connectivity index (χ0n) is 13.4. The van der Waals surface area contributed by atoms with Crippen LogP contribution in [-0.2, 0) is 4.74 Å². The molecule has 1 N–H and O–H groups in total. The highest BCUT2D eigenvalue weighted by Gasteiger charge is 2.52. The van der Waals surface area contributed by atoms with E-state index in [1.807, 2.05) is 0 Å². The van der Waals surface area contributed by atoms with E-state index in [0.717, 1.165) is 19.3 Å². The zero-order chi connectivity index (χ0) is 15.0. The maximum atomic E-state index is 10.8. The van der Waals surface area contributed by atoms with Crippen LogP contribution in [0.2, 0.25) is 0 Å². The van der Waals surface area contributed by atoms with Crippen LogP contribution in [0.1, 0.15) is 59.3 Å². The van der Waals surface area contributed by atoms with Crippen LogP contribution in [0.25, 0.3) is 0 Å². The molecule has 4 heteroatoms. The Hall–Kier alpha value is -0.770. The Kier molecular flexibility index (Phi) is 4.07. The van der Waals surface area contributed by atoms with Crippen molar-refractivity contribution in [2.45, 2.75) is 64.9 Å². The number of rotatable bonds is 4. The summed E-state index contributed by atoms with van der Waals surface area (Å²) in [7, 11) is 1.60. The van der Waals surface area contributed by atoms with Crippen molar-refractivity contribution in [2.75, 3.05) is 20.2 Å². The summed E-state index contributed by atoms with van der Waals surface area (Å²) in [5.41, 5.74) is 0.707. The minimum Gasteiger partial charge on any atom is -0.465 e. The van der Waals surface area contributed by atoms with Crippen LogP contribution in [0.4, 0.5) is 4.79 Å². The van der Waals surface area contributed by atoms with Crippen LogP contribution in [0, 0.1) is 10.8 Å². The van der Waals surface area contributed by atoms with E-state index in [0.29, 0.717) is 24.0 Å². The summed E-state index contributed by atoms with van der Waals surface area (Å²) in [6.45, 7) is 8.05. The lowest BCUT2D eigenvalue weighted by atomic mass is 9.53. The Morgan fingerprint density at radius 2 is 1.90 bits per heavy atom. The van der Waals surface area contributed by atoms with Gasteiger partial charge in [0.1, 0.15) is 0 Å². The van der Waals surface area contributed by atoms with Crippen LogP contribution in [-0.4, -0.2) is 41.9 Å². The molecule has 0 saturated heterocycles. The second-order valence-electron chi connectivity index (χ2n) is 8.09. The summed E-state index contributed by atoms with van der Waals surface area (Å²) in [4.78, 5) is 12.1. The summed E-state index contributed by atoms with van der Waals surface area (Å²) in [6.07, 6.45) is 6.30. The molecule has 2 aliphatic rings. The summed E-state index contributed by atoms with van der Waals surface area (Å²) in [5, 5.41) is 8.89. The normalized spacial score (nSPS) is 35.6. The highest BCUT2D eigenvalue weighted by molar-refractivity contribution is 5.64. The van der Waals surface area contributed by atoms with E-state index in [-0.39, 0.29) is 5.60 Å². The van der Waals surface area contributed by atoms with E-state index >= 15 is 0 Å². The summed E-state index contributed by atoms with van der Waals surface area (Å²) in [6, 6.07) is 0. The lowest BCUT2D eigenvalue weighted by molar-refractivity contribution is -0.160. The first-order valence-corrected chi connectivity index (χ1v) is 7.74. The van der Waals surface area contributed by atoms with Gasteiger partial charge in [-0.1, -0.05) is 27.2 Å². The molecule has 0 aromatic heterocycles. The van der Waals surface area contributed by atoms with Gasteiger partial charge in [-0.2, -0.15) is 0 Å². The molecular formula is C16H29NO3. The first kappa shape index (κ1) is 15.6. The Balaban J connectivity index is 1.99. The predicted molar refractivity (Wildman–Crippen MR) is 78.9 cm³/mol. The molecule has 0 aliphatic heterocycles. The number of likely N-dealkylation sites (N-methyl/N-ethyl adjacent to an activating group) is 1. The highest BCUT2D eigenvalue weighted by Crippen LogP contribution is 2.58. The number of fused-ring (bicyclic) bond motifs is 2. The first-order valence-electron chi connectivity index (χ1n) is 7.74. The Bertz CT molecular complexity index is 378. The van der Waals surface area contributed by atoms with Crippen LogP contribution in [0.3, 0.4) is 0 Å². The van der Waals surface area contributed by atoms with Crippen molar-refractivity contribution in [1.82, 2.24) is 4.90 Å². The zero-order valence-corrected chi connectivity index (χ0v) is 13.4. The van der Waals surface area contributed by atoms with Crippen molar-refractivity contribution in [3.63, 3.8) is 0 Å². The molecule has 1 amide bonds. The van der Waals surface area contributed by atoms with Gasteiger partial charge in [-0.05, 0) is 42.9 Å². The molecule has 2 atom stereocenters. The van der Waals surface area contributed by atoms with E-state index in [2.05, 4.69) is 20.8 Å². The first-order chi connectivity index (χ1) is 9.16. The van der Waals surface area contributed by atoms with Crippen molar-refractivity contribution in [3.05, 3.63) is 0 Å². The van der Waals surface area contributed by atoms with Gasteiger partial charge in [-0.25, -0.2) is 4.79 Å². The van der Waals surface area contributed by atoms with E-state index in [1.54, 1.807) is 7.05 Å². The second-order valence-corrected chi connectivity index (χ2v) is 8.09. The third-order valence-corrected chi connectivity index (χ3v) is 5.03. The van der Waals surface area contributed by atoms with Gasteiger partial charge >= 0.3 is 6.09 Å². The van der Waals surface area contributed by atoms with Gasteiger partial charge in [-0.3, -0.25) is 0 Å². The molecule has 2 unspecified atom stereocenters. The van der Waals surface area contributed by atoms with E-state index in [1.165, 1.54) is 24.2 Å². The molecular weight excluding hydrogens is 254 g/mol. The molecule has 4 nitrogen and oxygen atoms in total. The molecule has 2 rings (SSSR count). The fraction of sp³-hybridized carbons (Fsp3) is 0.938. The molecule has 116 valence electrons. The third kappa shape index (κ3) is 3.46. The summed E-state index contributed by atoms with van der Waals surface area (Å²) >= 11 is 0. The van der Waals surface area contributed by atoms with Gasteiger partial charge in [0, 0.05) is 13.6 Å². The predicted octanol–water partition coefficient (Wildman–Crippen LogP) is 3.75. The molecule has 2 bridgehead atoms. The van der Waals surface area contributed by atoms with Gasteiger partial charge in [-0.15, -0.1) is 0 Å². The summed E-state index contributed by atoms with van der Waals surface area (Å²) < 4.78 is 6.26. The number of amides is 1. The monoisotopic (exact) mass is 283 g/mol. The lowest BCUT2D eigenvalue weighted by Crippen LogP contribution is -2.52. The van der Waals surface area contributed by atoms with Crippen molar-refractivity contribution in [1.29, 1.82) is 0 Å². The SMILES string of the molecule is CN(CCOC12CCCC(C)(CC(C)(C)C1)C2)C(=O)O. The van der Waals surface area contributed by atoms with Crippen LogP contribution >= 0.6 is 0 Å². The quantitative estimate of drug-likeness (QED) is 0.854. The molecule has 0 radical (unpaired) electrons. The molecule has 0 heterocycles. The minimum atomic E-state index is -0.886. The Labute approximate surface area is 122 Å². The van der Waals surface area contributed by atoms with Crippen LogP contribution < -0.4 is 0 Å². The topological polar surface area (TPSA) is 49.8 Å². The fourth-order valence-corrected chi connectivity index (χ4v) is 4.85. The molecule has 0 aromatic carbocycles. The second kappa shape index (κ2) is 5.21. The number of carbonyl (C=O) groups is 1. The standard InChI is InChI=1S/C16H29NO3/c1-14(2)10-15(3)6-5-7-16(11-14,12-15)20-9-8-17(4)13(18)19/h5-12H2,1-4H3,(H,18,19). The average Bonchev–Trinajstić information content (AvgIpc) is 2.24. The van der Waals surface area contributed by atoms with E-state index in [4.69, 9.17) is 9.84 Å². The summed E-state index contributed by atoms with van der Waals surface area (Å²) in [5.74, 6) is 0. The Morgan fingerprint density at radius 1 is 1.20 bits per heavy atom. The third-order valence-electron chi connectivity index (χ3n) is 5.03. The van der Waals surface area contributed by atoms with E-state index in [9.17, 15) is 4.79 Å². The van der Waals surface area contributed by atoms with Gasteiger partial charge in [0.2, 0.25) is 0 Å². The molecule has 0 spiro atoms. The molecule has 20 heavy (non-hydrogen) atoms. The van der Waals surface area contributed by atoms with Crippen LogP contribution in [0.15, 0.2) is 0 Å². The largest absolute Gasteiger partial charge is 0.465 e. The van der Waals surface area contributed by atoms with Crippen molar-refractivity contribution < 1.29 is 14.6 Å². The lowest BCUT2D eigenvalue weighted by Gasteiger charge is -2.56. The number of nitrogens with zero attached hydrogens (tertiary/aromatic N) is 1. The van der Waals surface area contributed by atoms with Gasteiger partial charge in [0.25, 0.3) is 0 Å². The number of hydrogen-bond donors (Lipinski definition) is 1. The van der Waals surface area contributed by atoms with Gasteiger partial charge in [0.15, 0.2) is 0 Å². The van der Waals surface area contributed by atoms with Gasteiger partial charge in [0.05, 0.1) is 12.2 Å². The highest BCUT2D eigenvalue weighted by atomic mass is 16.5. The van der Waals surface area contributed by atoms with Crippen molar-refractivity contribution in [2.24, 2.45) is 10.8 Å². The molecule has 0 aromatic rings. The van der Waals surface area contributed by atoms with Crippen molar-refractivity contribution >= 4 is 6.09 Å². The fourth-order valence-electron chi connectivity index (χ4n) is 4.85. The van der Waals surface area contributed by atoms with Crippen molar-refractivity contribution in [3.8, 4) is 0 Å². The van der Waals surface area contributed by atoms with Crippen LogP contribution in [0.5, 0.6) is 0 Å². The Morgan fingerprint density at radius 3 is 2.55 bits per heavy atom. The number of carboxylic acid groups (broad SMARTS) is 1. The smallest absolute Gasteiger partial charge is 0.407 e.